The molecule has 6 nitrogen and oxygen atoms in total. The molecule has 0 saturated carbocycles. The quantitative estimate of drug-likeness (QED) is 0.821. The van der Waals surface area contributed by atoms with E-state index < -0.39 is 0 Å². The third-order valence-electron chi connectivity index (χ3n) is 4.52. The van der Waals surface area contributed by atoms with Crippen LogP contribution in [-0.4, -0.2) is 54.3 Å². The second-order valence-electron chi connectivity index (χ2n) is 6.27. The number of nitrogens with zero attached hydrogens (tertiary/aromatic N) is 3. The molecular formula is C19H22FN3O3. The average Bonchev–Trinajstić information content (AvgIpc) is 3.15. The van der Waals surface area contributed by atoms with Gasteiger partial charge in [-0.1, -0.05) is 12.1 Å². The van der Waals surface area contributed by atoms with Gasteiger partial charge in [0.25, 0.3) is 0 Å². The van der Waals surface area contributed by atoms with Crippen LogP contribution in [0.1, 0.15) is 12.7 Å². The van der Waals surface area contributed by atoms with Gasteiger partial charge in [0.15, 0.2) is 0 Å². The average molecular weight is 359 g/mol. The van der Waals surface area contributed by atoms with Gasteiger partial charge in [0.2, 0.25) is 11.8 Å². The summed E-state index contributed by atoms with van der Waals surface area (Å²) in [6.07, 6.45) is 1.54. The van der Waals surface area contributed by atoms with Crippen LogP contribution in [0.15, 0.2) is 47.1 Å². The molecule has 26 heavy (non-hydrogen) atoms. The van der Waals surface area contributed by atoms with Crippen LogP contribution in [0, 0.1) is 5.82 Å². The van der Waals surface area contributed by atoms with Crippen molar-refractivity contribution in [3.05, 3.63) is 54.2 Å². The molecule has 1 fully saturated rings. The number of furan rings is 1. The summed E-state index contributed by atoms with van der Waals surface area (Å²) in [5, 5.41) is 0. The third kappa shape index (κ3) is 4.22. The molecule has 0 aliphatic carbocycles. The van der Waals surface area contributed by atoms with Crippen molar-refractivity contribution in [2.24, 2.45) is 0 Å². The minimum absolute atomic E-state index is 0.00965. The van der Waals surface area contributed by atoms with Crippen molar-refractivity contribution in [1.29, 1.82) is 0 Å². The van der Waals surface area contributed by atoms with Crippen LogP contribution in [0.5, 0.6) is 0 Å². The van der Waals surface area contributed by atoms with E-state index in [4.69, 9.17) is 4.42 Å². The first-order chi connectivity index (χ1) is 12.5. The summed E-state index contributed by atoms with van der Waals surface area (Å²) in [6.45, 7) is 3.83. The second kappa shape index (κ2) is 8.03. The number of amides is 2. The van der Waals surface area contributed by atoms with E-state index in [2.05, 4.69) is 0 Å². The Kier molecular flexibility index (Phi) is 5.55. The summed E-state index contributed by atoms with van der Waals surface area (Å²) in [6, 6.07) is 10.2. The van der Waals surface area contributed by atoms with E-state index in [1.165, 1.54) is 24.2 Å². The van der Waals surface area contributed by atoms with Crippen molar-refractivity contribution in [1.82, 2.24) is 9.80 Å². The second-order valence-corrected chi connectivity index (χ2v) is 6.27. The Morgan fingerprint density at radius 1 is 1.12 bits per heavy atom. The number of hydrogen-bond acceptors (Lipinski definition) is 4. The fraction of sp³-hybridized carbons (Fsp3) is 0.368. The number of benzene rings is 1. The van der Waals surface area contributed by atoms with E-state index in [0.717, 1.165) is 0 Å². The molecule has 1 aliphatic heterocycles. The standard InChI is InChI=1S/C19H22FN3O3/c1-15(24)23(13-16-5-4-12-26-16)14-19(25)22-10-8-21(9-11-22)18-7-3-2-6-17(18)20/h2-7,12H,8-11,13-14H2,1H3. The van der Waals surface area contributed by atoms with Crippen LogP contribution in [0.3, 0.4) is 0 Å². The van der Waals surface area contributed by atoms with Crippen LogP contribution in [0.25, 0.3) is 0 Å². The van der Waals surface area contributed by atoms with Crippen molar-refractivity contribution >= 4 is 17.5 Å². The summed E-state index contributed by atoms with van der Waals surface area (Å²) < 4.78 is 19.2. The zero-order valence-corrected chi connectivity index (χ0v) is 14.7. The van der Waals surface area contributed by atoms with Gasteiger partial charge in [0, 0.05) is 33.1 Å². The van der Waals surface area contributed by atoms with E-state index in [1.54, 1.807) is 35.2 Å². The SMILES string of the molecule is CC(=O)N(CC(=O)N1CCN(c2ccccc2F)CC1)Cc1ccco1. The van der Waals surface area contributed by atoms with Gasteiger partial charge in [0.05, 0.1) is 18.5 Å². The molecule has 0 atom stereocenters. The molecule has 1 aromatic carbocycles. The predicted octanol–water partition coefficient (Wildman–Crippen LogP) is 2.12. The first-order valence-corrected chi connectivity index (χ1v) is 8.60. The van der Waals surface area contributed by atoms with Crippen LogP contribution >= 0.6 is 0 Å². The molecule has 0 radical (unpaired) electrons. The number of para-hydroxylation sites is 1. The van der Waals surface area contributed by atoms with E-state index in [9.17, 15) is 14.0 Å². The Morgan fingerprint density at radius 2 is 1.85 bits per heavy atom. The summed E-state index contributed by atoms with van der Waals surface area (Å²) in [7, 11) is 0. The first-order valence-electron chi connectivity index (χ1n) is 8.60. The lowest BCUT2D eigenvalue weighted by Gasteiger charge is -2.37. The molecule has 1 saturated heterocycles. The maximum absolute atomic E-state index is 13.9. The minimum atomic E-state index is -0.256. The van der Waals surface area contributed by atoms with Gasteiger partial charge in [-0.3, -0.25) is 9.59 Å². The summed E-state index contributed by atoms with van der Waals surface area (Å²) >= 11 is 0. The van der Waals surface area contributed by atoms with Crippen LogP contribution < -0.4 is 4.90 Å². The van der Waals surface area contributed by atoms with Gasteiger partial charge in [-0.2, -0.15) is 0 Å². The number of hydrogen-bond donors (Lipinski definition) is 0. The van der Waals surface area contributed by atoms with Gasteiger partial charge >= 0.3 is 0 Å². The van der Waals surface area contributed by atoms with E-state index in [-0.39, 0.29) is 30.7 Å². The molecule has 1 aliphatic rings. The smallest absolute Gasteiger partial charge is 0.242 e. The first kappa shape index (κ1) is 18.0. The molecule has 3 rings (SSSR count). The molecule has 2 heterocycles. The zero-order chi connectivity index (χ0) is 18.5. The maximum Gasteiger partial charge on any atom is 0.242 e. The van der Waals surface area contributed by atoms with Gasteiger partial charge < -0.3 is 19.1 Å². The highest BCUT2D eigenvalue weighted by Crippen LogP contribution is 2.20. The van der Waals surface area contributed by atoms with Crippen molar-refractivity contribution in [2.45, 2.75) is 13.5 Å². The number of anilines is 1. The molecule has 0 spiro atoms. The molecule has 0 N–H and O–H groups in total. The third-order valence-corrected chi connectivity index (χ3v) is 4.52. The normalized spacial score (nSPS) is 14.4. The highest BCUT2D eigenvalue weighted by Gasteiger charge is 2.25. The Balaban J connectivity index is 1.55. The predicted molar refractivity (Wildman–Crippen MR) is 95.0 cm³/mol. The zero-order valence-electron chi connectivity index (χ0n) is 14.7. The number of rotatable bonds is 5. The summed E-state index contributed by atoms with van der Waals surface area (Å²) in [5.74, 6) is 0.0885. The Hall–Kier alpha value is -2.83. The van der Waals surface area contributed by atoms with Gasteiger partial charge in [0.1, 0.15) is 18.1 Å². The monoisotopic (exact) mass is 359 g/mol. The fourth-order valence-corrected chi connectivity index (χ4v) is 3.04. The van der Waals surface area contributed by atoms with Crippen LogP contribution in [0.2, 0.25) is 0 Å². The molecule has 7 heteroatoms. The van der Waals surface area contributed by atoms with E-state index >= 15 is 0 Å². The van der Waals surface area contributed by atoms with Crippen molar-refractivity contribution in [3.8, 4) is 0 Å². The Labute approximate surface area is 151 Å². The minimum Gasteiger partial charge on any atom is -0.467 e. The fourth-order valence-electron chi connectivity index (χ4n) is 3.04. The molecular weight excluding hydrogens is 337 g/mol. The Bertz CT molecular complexity index is 755. The maximum atomic E-state index is 13.9. The van der Waals surface area contributed by atoms with E-state index in [1.807, 2.05) is 4.90 Å². The van der Waals surface area contributed by atoms with Crippen LogP contribution in [-0.2, 0) is 16.1 Å². The molecule has 138 valence electrons. The summed E-state index contributed by atoms with van der Waals surface area (Å²) in [5.41, 5.74) is 0.558. The summed E-state index contributed by atoms with van der Waals surface area (Å²) in [4.78, 5) is 29.5. The van der Waals surface area contributed by atoms with Crippen molar-refractivity contribution in [2.75, 3.05) is 37.6 Å². The lowest BCUT2D eigenvalue weighted by atomic mass is 10.2. The largest absolute Gasteiger partial charge is 0.467 e. The van der Waals surface area contributed by atoms with Crippen molar-refractivity contribution in [3.63, 3.8) is 0 Å². The molecule has 1 aromatic heterocycles. The van der Waals surface area contributed by atoms with Gasteiger partial charge in [-0.05, 0) is 24.3 Å². The molecule has 2 aromatic rings. The highest BCUT2D eigenvalue weighted by atomic mass is 19.1. The lowest BCUT2D eigenvalue weighted by molar-refractivity contribution is -0.140. The molecule has 2 amide bonds. The topological polar surface area (TPSA) is 57.0 Å². The van der Waals surface area contributed by atoms with Crippen molar-refractivity contribution < 1.29 is 18.4 Å². The highest BCUT2D eigenvalue weighted by molar-refractivity contribution is 5.84. The number of carbonyl (C=O) groups excluding carboxylic acids is 2. The van der Waals surface area contributed by atoms with Gasteiger partial charge in [-0.25, -0.2) is 4.39 Å². The molecule has 0 unspecified atom stereocenters. The van der Waals surface area contributed by atoms with E-state index in [0.29, 0.717) is 37.6 Å². The lowest BCUT2D eigenvalue weighted by Crippen LogP contribution is -2.51. The molecule has 0 bridgehead atoms. The Morgan fingerprint density at radius 3 is 2.46 bits per heavy atom. The number of carbonyl (C=O) groups is 2. The van der Waals surface area contributed by atoms with Crippen LogP contribution in [0.4, 0.5) is 10.1 Å². The number of piperazine rings is 1. The van der Waals surface area contributed by atoms with Gasteiger partial charge in [-0.15, -0.1) is 0 Å². The number of halogens is 1.